The van der Waals surface area contributed by atoms with Gasteiger partial charge in [-0.3, -0.25) is 0 Å². The first-order chi connectivity index (χ1) is 10.1. The predicted molar refractivity (Wildman–Crippen MR) is 108 cm³/mol. The van der Waals surface area contributed by atoms with Crippen molar-refractivity contribution < 1.29 is 8.85 Å². The van der Waals surface area contributed by atoms with E-state index in [0.29, 0.717) is 5.04 Å². The molecule has 0 spiro atoms. The second-order valence-corrected chi connectivity index (χ2v) is 20.4. The predicted octanol–water partition coefficient (Wildman–Crippen LogP) is 6.43. The Kier molecular flexibility index (Phi) is 10.9. The van der Waals surface area contributed by atoms with E-state index in [-0.39, 0.29) is 0 Å². The van der Waals surface area contributed by atoms with Crippen molar-refractivity contribution >= 4 is 27.0 Å². The van der Waals surface area contributed by atoms with Crippen molar-refractivity contribution in [1.29, 1.82) is 0 Å². The van der Waals surface area contributed by atoms with Crippen LogP contribution < -0.4 is 0 Å². The highest BCUT2D eigenvalue weighted by Crippen LogP contribution is 2.43. The van der Waals surface area contributed by atoms with Crippen LogP contribution in [-0.4, -0.2) is 34.8 Å². The lowest BCUT2D eigenvalue weighted by atomic mass is 10.2. The molecule has 22 heavy (non-hydrogen) atoms. The van der Waals surface area contributed by atoms with Gasteiger partial charge in [-0.1, -0.05) is 60.6 Å². The highest BCUT2D eigenvalue weighted by molar-refractivity contribution is 8.29. The van der Waals surface area contributed by atoms with Crippen molar-refractivity contribution in [2.24, 2.45) is 0 Å². The highest BCUT2D eigenvalue weighted by Gasteiger charge is 2.37. The Morgan fingerprint density at radius 3 is 1.68 bits per heavy atom. The zero-order valence-electron chi connectivity index (χ0n) is 16.4. The van der Waals surface area contributed by atoms with Crippen LogP contribution >= 0.6 is 11.2 Å². The second-order valence-electron chi connectivity index (χ2n) is 7.90. The molecule has 0 rings (SSSR count). The van der Waals surface area contributed by atoms with Gasteiger partial charge < -0.3 is 8.85 Å². The summed E-state index contributed by atoms with van der Waals surface area (Å²) < 4.78 is 12.5. The standard InChI is InChI=1S/C17H40O2SSi2/c1-9-11-13-18-22(8,19-14-12-10-2)16-15-20-21(6,7)17(3,4)5/h9-16H2,1-8H3. The summed E-state index contributed by atoms with van der Waals surface area (Å²) in [5.41, 5.74) is 0. The van der Waals surface area contributed by atoms with Gasteiger partial charge in [0.05, 0.1) is 0 Å². The first-order valence-electron chi connectivity index (χ1n) is 9.00. The molecule has 0 atom stereocenters. The summed E-state index contributed by atoms with van der Waals surface area (Å²) in [4.78, 5) is 0. The van der Waals surface area contributed by atoms with Crippen molar-refractivity contribution in [3.05, 3.63) is 0 Å². The quantitative estimate of drug-likeness (QED) is 0.293. The maximum atomic E-state index is 6.24. The lowest BCUT2D eigenvalue weighted by Gasteiger charge is -2.37. The molecule has 2 nitrogen and oxygen atoms in total. The minimum atomic E-state index is -1.98. The van der Waals surface area contributed by atoms with Gasteiger partial charge in [-0.2, -0.15) is 11.2 Å². The third kappa shape index (κ3) is 9.11. The first kappa shape index (κ1) is 22.7. The molecule has 0 bridgehead atoms. The van der Waals surface area contributed by atoms with Crippen LogP contribution in [0.3, 0.4) is 0 Å². The molecule has 0 N–H and O–H groups in total. The van der Waals surface area contributed by atoms with Crippen molar-refractivity contribution in [3.8, 4) is 0 Å². The third-order valence-corrected chi connectivity index (χ3v) is 17.1. The number of rotatable bonds is 12. The lowest BCUT2D eigenvalue weighted by Crippen LogP contribution is -2.41. The number of hydrogen-bond donors (Lipinski definition) is 0. The monoisotopic (exact) mass is 364 g/mol. The van der Waals surface area contributed by atoms with E-state index in [1.54, 1.807) is 0 Å². The molecule has 0 fully saturated rings. The summed E-state index contributed by atoms with van der Waals surface area (Å²) in [6.45, 7) is 20.6. The Bertz CT molecular complexity index is 281. The molecule has 0 amide bonds. The molecule has 0 aliphatic heterocycles. The molecule has 0 radical (unpaired) electrons. The van der Waals surface area contributed by atoms with Gasteiger partial charge in [-0.25, -0.2) is 0 Å². The molecular weight excluding hydrogens is 324 g/mol. The summed E-state index contributed by atoms with van der Waals surface area (Å²) in [5, 5.41) is 0.446. The summed E-state index contributed by atoms with van der Waals surface area (Å²) in [6.07, 6.45) is 4.68. The number of hydrogen-bond acceptors (Lipinski definition) is 3. The van der Waals surface area contributed by atoms with Crippen LogP contribution in [0.1, 0.15) is 60.3 Å². The Morgan fingerprint density at radius 2 is 1.32 bits per heavy atom. The maximum Gasteiger partial charge on any atom is 0.335 e. The average Bonchev–Trinajstić information content (AvgIpc) is 2.38. The van der Waals surface area contributed by atoms with Gasteiger partial charge in [0.1, 0.15) is 7.22 Å². The molecule has 0 aliphatic rings. The Labute approximate surface area is 146 Å². The SMILES string of the molecule is CCCCO[Si](C)(CCS[Si](C)(C)C(C)(C)C)OCCCC. The van der Waals surface area contributed by atoms with Gasteiger partial charge in [0.25, 0.3) is 0 Å². The van der Waals surface area contributed by atoms with Crippen molar-refractivity contribution in [2.45, 2.75) is 91.0 Å². The van der Waals surface area contributed by atoms with Crippen LogP contribution in [0, 0.1) is 0 Å². The van der Waals surface area contributed by atoms with Crippen LogP contribution in [0.25, 0.3) is 0 Å². The largest absolute Gasteiger partial charge is 0.394 e. The zero-order chi connectivity index (χ0) is 17.3. The minimum absolute atomic E-state index is 0.446. The molecule has 0 aromatic rings. The molecule has 5 heteroatoms. The van der Waals surface area contributed by atoms with Crippen LogP contribution in [-0.2, 0) is 8.85 Å². The van der Waals surface area contributed by atoms with Crippen molar-refractivity contribution in [3.63, 3.8) is 0 Å². The van der Waals surface area contributed by atoms with E-state index in [1.165, 1.54) is 18.6 Å². The summed E-state index contributed by atoms with van der Waals surface area (Å²) in [6, 6.07) is 1.12. The van der Waals surface area contributed by atoms with Crippen LogP contribution in [0.2, 0.25) is 30.7 Å². The third-order valence-electron chi connectivity index (χ3n) is 4.64. The van der Waals surface area contributed by atoms with Crippen molar-refractivity contribution in [1.82, 2.24) is 0 Å². The Hall–Kier alpha value is 0.704. The van der Waals surface area contributed by atoms with E-state index >= 15 is 0 Å². The molecule has 0 unspecified atom stereocenters. The first-order valence-corrected chi connectivity index (χ1v) is 16.2. The molecule has 0 heterocycles. The Balaban J connectivity index is 4.44. The smallest absolute Gasteiger partial charge is 0.335 e. The summed E-state index contributed by atoms with van der Waals surface area (Å²) >= 11 is 2.20. The van der Waals surface area contributed by atoms with Gasteiger partial charge in [0.15, 0.2) is 0 Å². The molecule has 0 saturated heterocycles. The van der Waals surface area contributed by atoms with Gasteiger partial charge in [-0.15, -0.1) is 0 Å². The fourth-order valence-corrected chi connectivity index (χ4v) is 9.87. The molecule has 0 aliphatic carbocycles. The number of unbranched alkanes of at least 4 members (excludes halogenated alkanes) is 2. The zero-order valence-corrected chi connectivity index (χ0v) is 19.2. The normalized spacial score (nSPS) is 13.6. The van der Waals surface area contributed by atoms with Gasteiger partial charge in [0.2, 0.25) is 0 Å². The minimum Gasteiger partial charge on any atom is -0.394 e. The highest BCUT2D eigenvalue weighted by atomic mass is 32.4. The average molecular weight is 365 g/mol. The summed E-state index contributed by atoms with van der Waals surface area (Å²) in [5.74, 6) is 1.19. The van der Waals surface area contributed by atoms with Gasteiger partial charge >= 0.3 is 8.56 Å². The molecule has 0 saturated carbocycles. The summed E-state index contributed by atoms with van der Waals surface area (Å²) in [7, 11) is -3.23. The fraction of sp³-hybridized carbons (Fsp3) is 1.00. The second kappa shape index (κ2) is 10.5. The van der Waals surface area contributed by atoms with Gasteiger partial charge in [0, 0.05) is 13.2 Å². The van der Waals surface area contributed by atoms with E-state index < -0.39 is 15.8 Å². The molecule has 134 valence electrons. The van der Waals surface area contributed by atoms with E-state index in [1.807, 2.05) is 0 Å². The maximum absolute atomic E-state index is 6.24. The van der Waals surface area contributed by atoms with E-state index in [9.17, 15) is 0 Å². The van der Waals surface area contributed by atoms with Gasteiger partial charge in [-0.05, 0) is 36.2 Å². The Morgan fingerprint density at radius 1 is 0.864 bits per heavy atom. The lowest BCUT2D eigenvalue weighted by molar-refractivity contribution is 0.170. The van der Waals surface area contributed by atoms with Crippen LogP contribution in [0.15, 0.2) is 0 Å². The van der Waals surface area contributed by atoms with Crippen molar-refractivity contribution in [2.75, 3.05) is 19.0 Å². The topological polar surface area (TPSA) is 18.5 Å². The van der Waals surface area contributed by atoms with E-state index in [4.69, 9.17) is 8.85 Å². The van der Waals surface area contributed by atoms with E-state index in [0.717, 1.165) is 32.1 Å². The fourth-order valence-electron chi connectivity index (χ4n) is 1.76. The molecule has 0 aromatic heterocycles. The molecule has 0 aromatic carbocycles. The van der Waals surface area contributed by atoms with Crippen LogP contribution in [0.4, 0.5) is 0 Å². The van der Waals surface area contributed by atoms with E-state index in [2.05, 4.69) is 65.5 Å². The molecular formula is C17H40O2SSi2. The van der Waals surface area contributed by atoms with Crippen LogP contribution in [0.5, 0.6) is 0 Å².